The standard InChI is InChI=1S/C5H9BN2O/c6-5(9)4-3-7-1-2-8-4/h4,7-8H,1-3H2. The SMILES string of the molecule is [B]C(=O)C1CNCCN1. The van der Waals surface area contributed by atoms with Crippen LogP contribution >= 0.6 is 0 Å². The number of hydrogen-bond acceptors (Lipinski definition) is 3. The van der Waals surface area contributed by atoms with E-state index < -0.39 is 0 Å². The van der Waals surface area contributed by atoms with Crippen molar-refractivity contribution in [3.05, 3.63) is 0 Å². The third-order valence-corrected chi connectivity index (χ3v) is 1.38. The van der Waals surface area contributed by atoms with Crippen LogP contribution in [0.4, 0.5) is 0 Å². The van der Waals surface area contributed by atoms with Gasteiger partial charge in [0.05, 0.1) is 11.7 Å². The van der Waals surface area contributed by atoms with Crippen molar-refractivity contribution in [2.45, 2.75) is 6.04 Å². The Labute approximate surface area is 55.6 Å². The Balaban J connectivity index is 2.31. The van der Waals surface area contributed by atoms with Gasteiger partial charge in [-0.1, -0.05) is 0 Å². The Kier molecular flexibility index (Phi) is 2.25. The first-order chi connectivity index (χ1) is 4.30. The van der Waals surface area contributed by atoms with Gasteiger partial charge in [-0.05, 0) is 0 Å². The molecule has 1 rings (SSSR count). The summed E-state index contributed by atoms with van der Waals surface area (Å²) in [5.41, 5.74) is -0.276. The second kappa shape index (κ2) is 2.99. The van der Waals surface area contributed by atoms with Crippen molar-refractivity contribution in [2.75, 3.05) is 19.6 Å². The Bertz CT molecular complexity index is 112. The average molecular weight is 124 g/mol. The van der Waals surface area contributed by atoms with E-state index in [0.29, 0.717) is 6.54 Å². The number of hydrogen-bond donors (Lipinski definition) is 2. The fourth-order valence-corrected chi connectivity index (χ4v) is 0.855. The molecule has 1 aliphatic heterocycles. The van der Waals surface area contributed by atoms with Crippen molar-refractivity contribution in [1.29, 1.82) is 0 Å². The summed E-state index contributed by atoms with van der Waals surface area (Å²) in [7, 11) is 5.03. The van der Waals surface area contributed by atoms with Crippen LogP contribution in [-0.2, 0) is 4.79 Å². The fraction of sp³-hybridized carbons (Fsp3) is 0.800. The van der Waals surface area contributed by atoms with Gasteiger partial charge in [-0.25, -0.2) is 0 Å². The third kappa shape index (κ3) is 1.80. The summed E-state index contributed by atoms with van der Waals surface area (Å²) in [5.74, 6) is 0. The first kappa shape index (κ1) is 6.77. The predicted octanol–water partition coefficient (Wildman–Crippen LogP) is -1.76. The molecule has 48 valence electrons. The molecule has 1 saturated heterocycles. The molecular formula is C5H9BN2O. The van der Waals surface area contributed by atoms with Crippen LogP contribution in [0, 0.1) is 0 Å². The second-order valence-electron chi connectivity index (χ2n) is 2.11. The zero-order valence-electron chi connectivity index (χ0n) is 5.18. The molecule has 1 fully saturated rings. The lowest BCUT2D eigenvalue weighted by atomic mass is 9.94. The molecule has 0 bridgehead atoms. The van der Waals surface area contributed by atoms with Crippen molar-refractivity contribution < 1.29 is 4.79 Å². The summed E-state index contributed by atoms with van der Waals surface area (Å²) < 4.78 is 0. The van der Waals surface area contributed by atoms with Crippen LogP contribution in [0.15, 0.2) is 0 Å². The smallest absolute Gasteiger partial charge is 0.170 e. The molecule has 3 nitrogen and oxygen atoms in total. The largest absolute Gasteiger partial charge is 0.313 e. The topological polar surface area (TPSA) is 41.1 Å². The highest BCUT2D eigenvalue weighted by molar-refractivity contribution is 6.59. The number of nitrogens with one attached hydrogen (secondary N) is 2. The van der Waals surface area contributed by atoms with Crippen molar-refractivity contribution in [3.63, 3.8) is 0 Å². The van der Waals surface area contributed by atoms with Crippen LogP contribution in [0.25, 0.3) is 0 Å². The van der Waals surface area contributed by atoms with Crippen LogP contribution in [0.5, 0.6) is 0 Å². The van der Waals surface area contributed by atoms with Crippen molar-refractivity contribution >= 4 is 13.5 Å². The summed E-state index contributed by atoms with van der Waals surface area (Å²) in [6.45, 7) is 2.41. The Hall–Kier alpha value is -0.345. The monoisotopic (exact) mass is 124 g/mol. The summed E-state index contributed by atoms with van der Waals surface area (Å²) in [6.07, 6.45) is 0. The van der Waals surface area contributed by atoms with E-state index in [4.69, 9.17) is 7.85 Å². The van der Waals surface area contributed by atoms with Gasteiger partial charge in [0.15, 0.2) is 7.85 Å². The zero-order chi connectivity index (χ0) is 6.69. The van der Waals surface area contributed by atoms with Gasteiger partial charge in [0.2, 0.25) is 0 Å². The molecule has 1 atom stereocenters. The van der Waals surface area contributed by atoms with Gasteiger partial charge in [0.1, 0.15) is 0 Å². The summed E-state index contributed by atoms with van der Waals surface area (Å²) in [5, 5.41) is 6.03. The molecule has 0 amide bonds. The quantitative estimate of drug-likeness (QED) is 0.407. The molecule has 0 aromatic carbocycles. The van der Waals surface area contributed by atoms with E-state index in [0.717, 1.165) is 13.1 Å². The second-order valence-corrected chi connectivity index (χ2v) is 2.11. The van der Waals surface area contributed by atoms with Crippen LogP contribution in [0.2, 0.25) is 0 Å². The molecule has 0 aromatic heterocycles. The molecule has 1 heterocycles. The number of carbonyl (C=O) groups excluding carboxylic acids is 1. The molecule has 4 heteroatoms. The summed E-state index contributed by atoms with van der Waals surface area (Å²) >= 11 is 0. The van der Waals surface area contributed by atoms with Crippen LogP contribution in [0.3, 0.4) is 0 Å². The maximum absolute atomic E-state index is 10.5. The summed E-state index contributed by atoms with van der Waals surface area (Å²) in [6, 6.07) is -0.168. The first-order valence-electron chi connectivity index (χ1n) is 3.04. The van der Waals surface area contributed by atoms with Gasteiger partial charge in [0.25, 0.3) is 0 Å². The van der Waals surface area contributed by atoms with Gasteiger partial charge in [-0.2, -0.15) is 0 Å². The van der Waals surface area contributed by atoms with E-state index in [-0.39, 0.29) is 11.7 Å². The molecular weight excluding hydrogens is 115 g/mol. The fourth-order valence-electron chi connectivity index (χ4n) is 0.855. The zero-order valence-corrected chi connectivity index (χ0v) is 5.18. The molecule has 9 heavy (non-hydrogen) atoms. The number of carbonyl (C=O) groups is 1. The van der Waals surface area contributed by atoms with Crippen molar-refractivity contribution in [1.82, 2.24) is 10.6 Å². The van der Waals surface area contributed by atoms with Gasteiger partial charge >= 0.3 is 0 Å². The van der Waals surface area contributed by atoms with Crippen LogP contribution in [-0.4, -0.2) is 39.2 Å². The van der Waals surface area contributed by atoms with E-state index in [9.17, 15) is 4.79 Å². The number of piperazine rings is 1. The lowest BCUT2D eigenvalue weighted by Gasteiger charge is -2.22. The average Bonchev–Trinajstić information content (AvgIpc) is 1.90. The van der Waals surface area contributed by atoms with Crippen molar-refractivity contribution in [2.24, 2.45) is 0 Å². The van der Waals surface area contributed by atoms with Gasteiger partial charge < -0.3 is 15.4 Å². The predicted molar refractivity (Wildman–Crippen MR) is 35.4 cm³/mol. The van der Waals surface area contributed by atoms with E-state index in [2.05, 4.69) is 10.6 Å². The Morgan fingerprint density at radius 2 is 2.33 bits per heavy atom. The molecule has 0 aliphatic carbocycles. The number of rotatable bonds is 1. The molecule has 0 aromatic rings. The molecule has 0 spiro atoms. The van der Waals surface area contributed by atoms with Gasteiger partial charge in [-0.15, -0.1) is 0 Å². The lowest BCUT2D eigenvalue weighted by Crippen LogP contribution is -2.52. The van der Waals surface area contributed by atoms with Gasteiger partial charge in [0, 0.05) is 19.6 Å². The molecule has 2 radical (unpaired) electrons. The van der Waals surface area contributed by atoms with E-state index in [1.54, 1.807) is 0 Å². The molecule has 2 N–H and O–H groups in total. The minimum atomic E-state index is -0.276. The van der Waals surface area contributed by atoms with E-state index in [1.807, 2.05) is 0 Å². The van der Waals surface area contributed by atoms with Crippen molar-refractivity contribution in [3.8, 4) is 0 Å². The normalized spacial score (nSPS) is 27.8. The molecule has 0 saturated carbocycles. The Morgan fingerprint density at radius 3 is 2.67 bits per heavy atom. The molecule has 1 aliphatic rings. The molecule has 1 unspecified atom stereocenters. The van der Waals surface area contributed by atoms with E-state index in [1.165, 1.54) is 0 Å². The Morgan fingerprint density at radius 1 is 1.56 bits per heavy atom. The highest BCUT2D eigenvalue weighted by atomic mass is 16.1. The summed E-state index contributed by atoms with van der Waals surface area (Å²) in [4.78, 5) is 10.5. The van der Waals surface area contributed by atoms with Gasteiger partial charge in [-0.3, -0.25) is 0 Å². The third-order valence-electron chi connectivity index (χ3n) is 1.38. The minimum absolute atomic E-state index is 0.168. The lowest BCUT2D eigenvalue weighted by molar-refractivity contribution is -0.113. The van der Waals surface area contributed by atoms with Crippen LogP contribution in [0.1, 0.15) is 0 Å². The maximum atomic E-state index is 10.5. The highest BCUT2D eigenvalue weighted by Gasteiger charge is 2.14. The van der Waals surface area contributed by atoms with Crippen LogP contribution < -0.4 is 10.6 Å². The van der Waals surface area contributed by atoms with E-state index >= 15 is 0 Å². The maximum Gasteiger partial charge on any atom is 0.170 e. The first-order valence-corrected chi connectivity index (χ1v) is 3.04. The highest BCUT2D eigenvalue weighted by Crippen LogP contribution is 1.84. The minimum Gasteiger partial charge on any atom is -0.313 e.